The molecule has 1 aromatic carbocycles. The summed E-state index contributed by atoms with van der Waals surface area (Å²) >= 11 is 0. The van der Waals surface area contributed by atoms with Gasteiger partial charge in [0.25, 0.3) is 0 Å². The van der Waals surface area contributed by atoms with E-state index in [1.54, 1.807) is 0 Å². The molecule has 0 aliphatic heterocycles. The summed E-state index contributed by atoms with van der Waals surface area (Å²) in [5, 5.41) is 0. The molecule has 4 nitrogen and oxygen atoms in total. The second-order valence-corrected chi connectivity index (χ2v) is 3.51. The van der Waals surface area contributed by atoms with Crippen molar-refractivity contribution in [3.05, 3.63) is 47.7 Å². The maximum atomic E-state index is 6.03. The molecule has 0 spiro atoms. The van der Waals surface area contributed by atoms with E-state index in [0.717, 1.165) is 11.3 Å². The van der Waals surface area contributed by atoms with Crippen LogP contribution in [0.15, 0.2) is 42.1 Å². The molecule has 1 aromatic rings. The van der Waals surface area contributed by atoms with Crippen molar-refractivity contribution < 1.29 is 0 Å². The maximum Gasteiger partial charge on any atom is 0.0711 e. The van der Waals surface area contributed by atoms with Crippen LogP contribution in [0.5, 0.6) is 0 Å². The SMILES string of the molecule is CC(N)/C=C(/NN)C(N)c1ccccc1. The van der Waals surface area contributed by atoms with Crippen LogP contribution >= 0.6 is 0 Å². The number of benzene rings is 1. The zero-order valence-electron chi connectivity index (χ0n) is 8.85. The summed E-state index contributed by atoms with van der Waals surface area (Å²) < 4.78 is 0. The quantitative estimate of drug-likeness (QED) is 0.423. The fraction of sp³-hybridized carbons (Fsp3) is 0.273. The number of nitrogens with two attached hydrogens (primary N) is 3. The van der Waals surface area contributed by atoms with Gasteiger partial charge in [0.05, 0.1) is 6.04 Å². The molecule has 0 radical (unpaired) electrons. The molecule has 0 saturated carbocycles. The van der Waals surface area contributed by atoms with Gasteiger partial charge in [-0.3, -0.25) is 5.84 Å². The number of hydrogen-bond acceptors (Lipinski definition) is 4. The zero-order chi connectivity index (χ0) is 11.3. The molecule has 2 unspecified atom stereocenters. The summed E-state index contributed by atoms with van der Waals surface area (Å²) in [5.41, 5.74) is 16.0. The highest BCUT2D eigenvalue weighted by Crippen LogP contribution is 2.16. The highest BCUT2D eigenvalue weighted by atomic mass is 15.2. The predicted molar refractivity (Wildman–Crippen MR) is 62.4 cm³/mol. The lowest BCUT2D eigenvalue weighted by Gasteiger charge is -2.16. The van der Waals surface area contributed by atoms with Gasteiger partial charge >= 0.3 is 0 Å². The van der Waals surface area contributed by atoms with Gasteiger partial charge in [0, 0.05) is 11.7 Å². The smallest absolute Gasteiger partial charge is 0.0711 e. The van der Waals surface area contributed by atoms with E-state index in [1.165, 1.54) is 0 Å². The van der Waals surface area contributed by atoms with Crippen molar-refractivity contribution in [3.8, 4) is 0 Å². The lowest BCUT2D eigenvalue weighted by molar-refractivity contribution is 0.708. The van der Waals surface area contributed by atoms with E-state index >= 15 is 0 Å². The second kappa shape index (κ2) is 5.50. The van der Waals surface area contributed by atoms with E-state index in [2.05, 4.69) is 5.43 Å². The van der Waals surface area contributed by atoms with Crippen LogP contribution in [0.25, 0.3) is 0 Å². The summed E-state index contributed by atoms with van der Waals surface area (Å²) in [4.78, 5) is 0. The Labute approximate surface area is 90.1 Å². The first-order valence-corrected chi connectivity index (χ1v) is 4.89. The molecule has 0 amide bonds. The highest BCUT2D eigenvalue weighted by molar-refractivity contribution is 5.27. The number of hydrogen-bond donors (Lipinski definition) is 4. The second-order valence-electron chi connectivity index (χ2n) is 3.51. The summed E-state index contributed by atoms with van der Waals surface area (Å²) in [6.45, 7) is 1.87. The Balaban J connectivity index is 2.87. The van der Waals surface area contributed by atoms with Crippen LogP contribution in [0.4, 0.5) is 0 Å². The molecule has 0 heterocycles. The van der Waals surface area contributed by atoms with Crippen molar-refractivity contribution in [1.82, 2.24) is 5.43 Å². The lowest BCUT2D eigenvalue weighted by Crippen LogP contribution is -2.31. The predicted octanol–water partition coefficient (Wildman–Crippen LogP) is 0.381. The Morgan fingerprint density at radius 1 is 1.27 bits per heavy atom. The Hall–Kier alpha value is -1.36. The number of hydrazine groups is 1. The molecule has 0 saturated heterocycles. The van der Waals surface area contributed by atoms with Crippen LogP contribution in [0.2, 0.25) is 0 Å². The molecule has 0 bridgehead atoms. The van der Waals surface area contributed by atoms with Crippen LogP contribution < -0.4 is 22.7 Å². The van der Waals surface area contributed by atoms with Crippen molar-refractivity contribution in [2.45, 2.75) is 19.0 Å². The standard InChI is InChI=1S/C11H18N4/c1-8(12)7-10(15-14)11(13)9-5-3-2-4-6-9/h2-8,11,15H,12-14H2,1H3/b10-7+. The Morgan fingerprint density at radius 3 is 2.33 bits per heavy atom. The third-order valence-corrected chi connectivity index (χ3v) is 2.10. The highest BCUT2D eigenvalue weighted by Gasteiger charge is 2.10. The molecular weight excluding hydrogens is 188 g/mol. The van der Waals surface area contributed by atoms with Crippen molar-refractivity contribution in [3.63, 3.8) is 0 Å². The first-order valence-electron chi connectivity index (χ1n) is 4.89. The van der Waals surface area contributed by atoms with Crippen LogP contribution in [-0.4, -0.2) is 6.04 Å². The van der Waals surface area contributed by atoms with Gasteiger partial charge in [0.15, 0.2) is 0 Å². The number of rotatable bonds is 4. The van der Waals surface area contributed by atoms with E-state index in [4.69, 9.17) is 17.3 Å². The fourth-order valence-electron chi connectivity index (χ4n) is 1.36. The van der Waals surface area contributed by atoms with Gasteiger partial charge in [-0.15, -0.1) is 0 Å². The van der Waals surface area contributed by atoms with Crippen LogP contribution in [0.3, 0.4) is 0 Å². The summed E-state index contributed by atoms with van der Waals surface area (Å²) in [6, 6.07) is 9.40. The molecule has 4 heteroatoms. The monoisotopic (exact) mass is 206 g/mol. The lowest BCUT2D eigenvalue weighted by atomic mass is 10.0. The van der Waals surface area contributed by atoms with E-state index in [1.807, 2.05) is 43.3 Å². The number of nitrogens with one attached hydrogen (secondary N) is 1. The molecule has 0 aliphatic rings. The van der Waals surface area contributed by atoms with Crippen molar-refractivity contribution in [1.29, 1.82) is 0 Å². The Kier molecular flexibility index (Phi) is 4.30. The van der Waals surface area contributed by atoms with Gasteiger partial charge < -0.3 is 16.9 Å². The first-order chi connectivity index (χ1) is 7.15. The molecule has 1 rings (SSSR count). The summed E-state index contributed by atoms with van der Waals surface area (Å²) in [6.07, 6.45) is 1.82. The molecule has 2 atom stereocenters. The minimum atomic E-state index is -0.262. The van der Waals surface area contributed by atoms with Gasteiger partial charge in [-0.2, -0.15) is 0 Å². The van der Waals surface area contributed by atoms with Gasteiger partial charge in [0.1, 0.15) is 0 Å². The summed E-state index contributed by atoms with van der Waals surface area (Å²) in [7, 11) is 0. The van der Waals surface area contributed by atoms with Crippen LogP contribution in [0.1, 0.15) is 18.5 Å². The average molecular weight is 206 g/mol. The van der Waals surface area contributed by atoms with Gasteiger partial charge in [-0.05, 0) is 18.6 Å². The largest absolute Gasteiger partial charge is 0.327 e. The average Bonchev–Trinajstić information content (AvgIpc) is 2.26. The van der Waals surface area contributed by atoms with Crippen molar-refractivity contribution >= 4 is 0 Å². The minimum Gasteiger partial charge on any atom is -0.327 e. The van der Waals surface area contributed by atoms with Gasteiger partial charge in [0.2, 0.25) is 0 Å². The van der Waals surface area contributed by atoms with Crippen LogP contribution in [-0.2, 0) is 0 Å². The Bertz CT molecular complexity index is 319. The molecule has 0 fully saturated rings. The maximum absolute atomic E-state index is 6.03. The normalized spacial score (nSPS) is 15.9. The topological polar surface area (TPSA) is 90.1 Å². The fourth-order valence-corrected chi connectivity index (χ4v) is 1.36. The molecule has 7 N–H and O–H groups in total. The van der Waals surface area contributed by atoms with Crippen LogP contribution in [0, 0.1) is 0 Å². The van der Waals surface area contributed by atoms with E-state index < -0.39 is 0 Å². The first kappa shape index (κ1) is 11.7. The van der Waals surface area contributed by atoms with E-state index in [-0.39, 0.29) is 12.1 Å². The summed E-state index contributed by atoms with van der Waals surface area (Å²) in [5.74, 6) is 5.41. The molecular formula is C11H18N4. The third-order valence-electron chi connectivity index (χ3n) is 2.10. The molecule has 0 aromatic heterocycles. The molecule has 15 heavy (non-hydrogen) atoms. The van der Waals surface area contributed by atoms with Crippen molar-refractivity contribution in [2.24, 2.45) is 17.3 Å². The molecule has 82 valence electrons. The Morgan fingerprint density at radius 2 is 1.87 bits per heavy atom. The van der Waals surface area contributed by atoms with E-state index in [0.29, 0.717) is 0 Å². The third kappa shape index (κ3) is 3.36. The minimum absolute atomic E-state index is 0.0780. The molecule has 0 aliphatic carbocycles. The van der Waals surface area contributed by atoms with Crippen molar-refractivity contribution in [2.75, 3.05) is 0 Å². The zero-order valence-corrected chi connectivity index (χ0v) is 8.85. The van der Waals surface area contributed by atoms with Gasteiger partial charge in [-0.1, -0.05) is 30.3 Å². The van der Waals surface area contributed by atoms with Gasteiger partial charge in [-0.25, -0.2) is 0 Å². The van der Waals surface area contributed by atoms with E-state index in [9.17, 15) is 0 Å².